The lowest BCUT2D eigenvalue weighted by molar-refractivity contribution is -0.0180. The molecule has 0 atom stereocenters. The first kappa shape index (κ1) is 18.0. The number of fused-ring (bicyclic) bond motifs is 1. The van der Waals surface area contributed by atoms with Crippen LogP contribution in [0.5, 0.6) is 5.75 Å². The first-order valence-electron chi connectivity index (χ1n) is 8.33. The van der Waals surface area contributed by atoms with Crippen LogP contribution in [0.2, 0.25) is 5.02 Å². The van der Waals surface area contributed by atoms with Crippen LogP contribution in [0.1, 0.15) is 25.8 Å². The van der Waals surface area contributed by atoms with Gasteiger partial charge in [0.1, 0.15) is 17.2 Å². The van der Waals surface area contributed by atoms with E-state index in [1.165, 1.54) is 11.3 Å². The molecule has 1 aromatic heterocycles. The summed E-state index contributed by atoms with van der Waals surface area (Å²) in [5.41, 5.74) is 3.09. The summed E-state index contributed by atoms with van der Waals surface area (Å²) in [5, 5.41) is 1.36. The predicted octanol–water partition coefficient (Wildman–Crippen LogP) is 5.00. The van der Waals surface area contributed by atoms with E-state index in [0.29, 0.717) is 28.0 Å². The van der Waals surface area contributed by atoms with E-state index in [4.69, 9.17) is 25.8 Å². The van der Waals surface area contributed by atoms with Crippen molar-refractivity contribution in [1.29, 1.82) is 0 Å². The van der Waals surface area contributed by atoms with E-state index in [9.17, 15) is 4.79 Å². The summed E-state index contributed by atoms with van der Waals surface area (Å²) in [6, 6.07) is 13.1. The van der Waals surface area contributed by atoms with Crippen LogP contribution in [0, 0.1) is 6.92 Å². The molecule has 0 saturated heterocycles. The van der Waals surface area contributed by atoms with Gasteiger partial charge >= 0.3 is 5.97 Å². The van der Waals surface area contributed by atoms with Crippen molar-refractivity contribution in [2.45, 2.75) is 20.1 Å². The fourth-order valence-electron chi connectivity index (χ4n) is 2.93. The summed E-state index contributed by atoms with van der Waals surface area (Å²) in [6.07, 6.45) is 0. The Bertz CT molecular complexity index is 987. The van der Waals surface area contributed by atoms with Crippen molar-refractivity contribution in [1.82, 2.24) is 4.98 Å². The van der Waals surface area contributed by atoms with E-state index in [0.717, 1.165) is 21.7 Å². The van der Waals surface area contributed by atoms with Gasteiger partial charge in [0, 0.05) is 21.7 Å². The SMILES string of the molecule is Cc1nc(-c2ccccc2)c(C(=O)OCc2cc(Cl)cc3c2OCOC3)s1. The van der Waals surface area contributed by atoms with Crippen LogP contribution in [-0.2, 0) is 22.7 Å². The molecule has 0 saturated carbocycles. The van der Waals surface area contributed by atoms with Gasteiger partial charge < -0.3 is 14.2 Å². The number of carbonyl (C=O) groups excluding carboxylic acids is 1. The third kappa shape index (κ3) is 3.83. The molecule has 0 unspecified atom stereocenters. The van der Waals surface area contributed by atoms with Gasteiger partial charge in [0.05, 0.1) is 17.3 Å². The number of hydrogen-bond donors (Lipinski definition) is 0. The summed E-state index contributed by atoms with van der Waals surface area (Å²) in [5.74, 6) is 0.252. The number of ether oxygens (including phenoxy) is 3. The highest BCUT2D eigenvalue weighted by Gasteiger charge is 2.22. The molecule has 2 heterocycles. The normalized spacial score (nSPS) is 13.0. The number of halogens is 1. The minimum Gasteiger partial charge on any atom is -0.467 e. The number of aromatic nitrogens is 1. The van der Waals surface area contributed by atoms with Crippen LogP contribution in [0.3, 0.4) is 0 Å². The molecule has 0 spiro atoms. The number of esters is 1. The number of nitrogens with zero attached hydrogens (tertiary/aromatic N) is 1. The van der Waals surface area contributed by atoms with Crippen LogP contribution in [0.25, 0.3) is 11.3 Å². The lowest BCUT2D eigenvalue weighted by Gasteiger charge is -2.21. The molecule has 138 valence electrons. The summed E-state index contributed by atoms with van der Waals surface area (Å²) >= 11 is 7.48. The van der Waals surface area contributed by atoms with Crippen molar-refractivity contribution in [3.63, 3.8) is 0 Å². The average molecular weight is 402 g/mol. The first-order valence-corrected chi connectivity index (χ1v) is 9.53. The second kappa shape index (κ2) is 7.68. The molecule has 7 heteroatoms. The number of benzene rings is 2. The fraction of sp³-hybridized carbons (Fsp3) is 0.200. The number of aryl methyl sites for hydroxylation is 1. The molecule has 3 aromatic rings. The quantitative estimate of drug-likeness (QED) is 0.576. The highest BCUT2D eigenvalue weighted by atomic mass is 35.5. The van der Waals surface area contributed by atoms with Gasteiger partial charge in [-0.1, -0.05) is 41.9 Å². The molecule has 0 N–H and O–H groups in total. The van der Waals surface area contributed by atoms with E-state index >= 15 is 0 Å². The Balaban J connectivity index is 1.57. The molecule has 1 aliphatic rings. The van der Waals surface area contributed by atoms with Gasteiger partial charge in [-0.15, -0.1) is 11.3 Å². The van der Waals surface area contributed by atoms with E-state index in [1.807, 2.05) is 37.3 Å². The van der Waals surface area contributed by atoms with Gasteiger partial charge in [-0.25, -0.2) is 9.78 Å². The zero-order valence-corrected chi connectivity index (χ0v) is 16.1. The highest BCUT2D eigenvalue weighted by Crippen LogP contribution is 2.33. The van der Waals surface area contributed by atoms with Crippen molar-refractivity contribution in [2.75, 3.05) is 6.79 Å². The van der Waals surface area contributed by atoms with Gasteiger partial charge in [-0.3, -0.25) is 0 Å². The summed E-state index contributed by atoms with van der Waals surface area (Å²) < 4.78 is 16.4. The fourth-order valence-corrected chi connectivity index (χ4v) is 4.03. The minimum atomic E-state index is -0.416. The van der Waals surface area contributed by atoms with Crippen LogP contribution in [0.4, 0.5) is 0 Å². The summed E-state index contributed by atoms with van der Waals surface area (Å²) in [6.45, 7) is 2.52. The minimum absolute atomic E-state index is 0.0624. The standard InChI is InChI=1S/C20H16ClNO4S/c1-12-22-17(13-5-3-2-4-6-13)19(27-12)20(23)25-10-15-8-16(21)7-14-9-24-11-26-18(14)15/h2-8H,9-11H2,1H3. The maximum absolute atomic E-state index is 12.7. The smallest absolute Gasteiger partial charge is 0.350 e. The van der Waals surface area contributed by atoms with Crippen LogP contribution in [-0.4, -0.2) is 17.7 Å². The summed E-state index contributed by atoms with van der Waals surface area (Å²) in [7, 11) is 0. The van der Waals surface area contributed by atoms with Gasteiger partial charge in [0.25, 0.3) is 0 Å². The van der Waals surface area contributed by atoms with E-state index < -0.39 is 5.97 Å². The Morgan fingerprint density at radius 3 is 2.93 bits per heavy atom. The highest BCUT2D eigenvalue weighted by molar-refractivity contribution is 7.14. The Kier molecular flexibility index (Phi) is 5.11. The lowest BCUT2D eigenvalue weighted by Crippen LogP contribution is -2.14. The third-order valence-electron chi connectivity index (χ3n) is 4.08. The van der Waals surface area contributed by atoms with E-state index in [1.54, 1.807) is 12.1 Å². The van der Waals surface area contributed by atoms with Gasteiger partial charge in [-0.05, 0) is 19.1 Å². The van der Waals surface area contributed by atoms with E-state index in [2.05, 4.69) is 4.98 Å². The third-order valence-corrected chi connectivity index (χ3v) is 5.25. The Morgan fingerprint density at radius 1 is 1.30 bits per heavy atom. The van der Waals surface area contributed by atoms with E-state index in [-0.39, 0.29) is 13.4 Å². The predicted molar refractivity (Wildman–Crippen MR) is 103 cm³/mol. The Hall–Kier alpha value is -2.41. The number of thiazole rings is 1. The van der Waals surface area contributed by atoms with Crippen molar-refractivity contribution < 1.29 is 19.0 Å². The Morgan fingerprint density at radius 2 is 2.11 bits per heavy atom. The van der Waals surface area contributed by atoms with Crippen LogP contribution in [0.15, 0.2) is 42.5 Å². The molecule has 0 bridgehead atoms. The lowest BCUT2D eigenvalue weighted by atomic mass is 10.1. The monoisotopic (exact) mass is 401 g/mol. The van der Waals surface area contributed by atoms with Gasteiger partial charge in [0.2, 0.25) is 0 Å². The topological polar surface area (TPSA) is 57.7 Å². The summed E-state index contributed by atoms with van der Waals surface area (Å²) in [4.78, 5) is 17.7. The van der Waals surface area contributed by atoms with Crippen molar-refractivity contribution >= 4 is 28.9 Å². The molecule has 0 aliphatic carbocycles. The molecule has 0 radical (unpaired) electrons. The second-order valence-electron chi connectivity index (χ2n) is 6.02. The van der Waals surface area contributed by atoms with Gasteiger partial charge in [0.15, 0.2) is 6.79 Å². The number of rotatable bonds is 4. The molecule has 0 fully saturated rings. The molecule has 0 amide bonds. The van der Waals surface area contributed by atoms with Crippen molar-refractivity contribution in [2.24, 2.45) is 0 Å². The molecule has 1 aliphatic heterocycles. The van der Waals surface area contributed by atoms with Crippen molar-refractivity contribution in [3.8, 4) is 17.0 Å². The largest absolute Gasteiger partial charge is 0.467 e. The van der Waals surface area contributed by atoms with Gasteiger partial charge in [-0.2, -0.15) is 0 Å². The zero-order chi connectivity index (χ0) is 18.8. The second-order valence-corrected chi connectivity index (χ2v) is 7.66. The number of hydrogen-bond acceptors (Lipinski definition) is 6. The average Bonchev–Trinajstić information content (AvgIpc) is 3.08. The van der Waals surface area contributed by atoms with Crippen LogP contribution < -0.4 is 4.74 Å². The van der Waals surface area contributed by atoms with Crippen LogP contribution >= 0.6 is 22.9 Å². The molecule has 4 rings (SSSR count). The Labute approximate surface area is 165 Å². The maximum Gasteiger partial charge on any atom is 0.350 e. The maximum atomic E-state index is 12.7. The molecule has 5 nitrogen and oxygen atoms in total. The zero-order valence-electron chi connectivity index (χ0n) is 14.5. The molecular weight excluding hydrogens is 386 g/mol. The molecule has 2 aromatic carbocycles. The molecular formula is C20H16ClNO4S. The number of carbonyl (C=O) groups is 1. The first-order chi connectivity index (χ1) is 13.1. The van der Waals surface area contributed by atoms with Crippen molar-refractivity contribution in [3.05, 3.63) is 68.5 Å². The molecule has 27 heavy (non-hydrogen) atoms.